The van der Waals surface area contributed by atoms with Gasteiger partial charge in [-0.3, -0.25) is 0 Å². The fourth-order valence-electron chi connectivity index (χ4n) is 4.77. The van der Waals surface area contributed by atoms with Gasteiger partial charge in [0, 0.05) is 50.7 Å². The van der Waals surface area contributed by atoms with Gasteiger partial charge in [0.1, 0.15) is 5.82 Å². The van der Waals surface area contributed by atoms with Gasteiger partial charge in [0.05, 0.1) is 16.5 Å². The first kappa shape index (κ1) is 23.7. The van der Waals surface area contributed by atoms with Crippen LogP contribution in [0, 0.1) is 5.82 Å². The number of aryl methyl sites for hydroxylation is 1. The third-order valence-corrected chi connectivity index (χ3v) is 8.04. The first-order valence-corrected chi connectivity index (χ1v) is 13.8. The fourth-order valence-corrected chi connectivity index (χ4v) is 5.40. The largest absolute Gasteiger partial charge is 0.368 e. The van der Waals surface area contributed by atoms with Gasteiger partial charge < -0.3 is 14.3 Å². The third-order valence-electron chi connectivity index (χ3n) is 6.93. The number of piperidine rings is 1. The average molecular weight is 501 g/mol. The molecule has 1 atom stereocenters. The molecule has 3 aromatic rings. The molecule has 0 N–H and O–H groups in total. The molecule has 2 fully saturated rings. The fraction of sp³-hybridized carbons (Fsp3) is 0.500. The van der Waals surface area contributed by atoms with E-state index in [4.69, 9.17) is 9.51 Å². The maximum Gasteiger partial charge on any atom is 0.231 e. The summed E-state index contributed by atoms with van der Waals surface area (Å²) in [5.74, 6) is 1.76. The zero-order valence-corrected chi connectivity index (χ0v) is 20.7. The molecule has 0 amide bonds. The van der Waals surface area contributed by atoms with E-state index < -0.39 is 15.7 Å². The Morgan fingerprint density at radius 3 is 2.40 bits per heavy atom. The Kier molecular flexibility index (Phi) is 6.43. The highest BCUT2D eigenvalue weighted by molar-refractivity contribution is 7.90. The molecule has 0 aliphatic carbocycles. The van der Waals surface area contributed by atoms with Crippen molar-refractivity contribution in [1.29, 1.82) is 0 Å². The highest BCUT2D eigenvalue weighted by Gasteiger charge is 2.32. The quantitative estimate of drug-likeness (QED) is 0.504. The van der Waals surface area contributed by atoms with Gasteiger partial charge >= 0.3 is 0 Å². The van der Waals surface area contributed by atoms with Crippen molar-refractivity contribution in [3.8, 4) is 0 Å². The van der Waals surface area contributed by atoms with E-state index in [-0.39, 0.29) is 16.7 Å². The Morgan fingerprint density at radius 1 is 1.06 bits per heavy atom. The topological polar surface area (TPSA) is 105 Å². The SMILES string of the molecule is CCc1cnc(N2CCC(c3noc(C4CCN(c5ccc(S(C)(=O)=O)cc5F)C4)n3)CC2)nc1. The molecule has 0 spiro atoms. The minimum absolute atomic E-state index is 0.0100. The first-order chi connectivity index (χ1) is 16.8. The van der Waals surface area contributed by atoms with Crippen molar-refractivity contribution in [3.05, 3.63) is 53.7 Å². The van der Waals surface area contributed by atoms with E-state index in [9.17, 15) is 12.8 Å². The monoisotopic (exact) mass is 500 g/mol. The first-order valence-electron chi connectivity index (χ1n) is 12.0. The van der Waals surface area contributed by atoms with Gasteiger partial charge in [-0.1, -0.05) is 12.1 Å². The van der Waals surface area contributed by atoms with Gasteiger partial charge in [0.25, 0.3) is 0 Å². The lowest BCUT2D eigenvalue weighted by atomic mass is 9.96. The van der Waals surface area contributed by atoms with Crippen LogP contribution in [-0.4, -0.2) is 61.0 Å². The van der Waals surface area contributed by atoms with Crippen molar-refractivity contribution in [2.24, 2.45) is 0 Å². The summed E-state index contributed by atoms with van der Waals surface area (Å²) in [6.45, 7) is 4.93. The molecular weight excluding hydrogens is 471 g/mol. The summed E-state index contributed by atoms with van der Waals surface area (Å²) in [5.41, 5.74) is 1.52. The van der Waals surface area contributed by atoms with Crippen molar-refractivity contribution in [3.63, 3.8) is 0 Å². The summed E-state index contributed by atoms with van der Waals surface area (Å²) in [5, 5.41) is 4.26. The van der Waals surface area contributed by atoms with Gasteiger partial charge in [0.2, 0.25) is 11.8 Å². The maximum absolute atomic E-state index is 14.6. The molecule has 5 rings (SSSR count). The van der Waals surface area contributed by atoms with Gasteiger partial charge in [-0.25, -0.2) is 22.8 Å². The average Bonchev–Trinajstić information content (AvgIpc) is 3.54. The van der Waals surface area contributed by atoms with Crippen LogP contribution in [0.25, 0.3) is 0 Å². The number of sulfone groups is 1. The molecule has 186 valence electrons. The summed E-state index contributed by atoms with van der Waals surface area (Å²) in [7, 11) is -3.45. The van der Waals surface area contributed by atoms with Crippen molar-refractivity contribution in [2.75, 3.05) is 42.2 Å². The van der Waals surface area contributed by atoms with Gasteiger partial charge in [-0.15, -0.1) is 0 Å². The molecule has 0 bridgehead atoms. The number of halogens is 1. The Hall–Kier alpha value is -3.08. The number of benzene rings is 1. The predicted molar refractivity (Wildman–Crippen MR) is 129 cm³/mol. The van der Waals surface area contributed by atoms with Gasteiger partial charge in [-0.2, -0.15) is 4.98 Å². The van der Waals surface area contributed by atoms with Crippen molar-refractivity contribution < 1.29 is 17.3 Å². The third kappa shape index (κ3) is 5.00. The van der Waals surface area contributed by atoms with E-state index >= 15 is 0 Å². The van der Waals surface area contributed by atoms with Crippen LogP contribution < -0.4 is 9.80 Å². The number of rotatable bonds is 6. The normalized spacial score (nSPS) is 19.5. The van der Waals surface area contributed by atoms with Crippen LogP contribution in [0.15, 0.2) is 40.0 Å². The number of anilines is 2. The molecule has 2 aromatic heterocycles. The zero-order chi connectivity index (χ0) is 24.6. The van der Waals surface area contributed by atoms with Crippen LogP contribution in [0.4, 0.5) is 16.0 Å². The second kappa shape index (κ2) is 9.52. The lowest BCUT2D eigenvalue weighted by molar-refractivity contribution is 0.348. The van der Waals surface area contributed by atoms with Gasteiger partial charge in [0.15, 0.2) is 15.7 Å². The van der Waals surface area contributed by atoms with E-state index in [1.807, 2.05) is 17.3 Å². The number of nitrogens with zero attached hydrogens (tertiary/aromatic N) is 6. The van der Waals surface area contributed by atoms with E-state index in [0.29, 0.717) is 24.7 Å². The van der Waals surface area contributed by atoms with Crippen LogP contribution in [0.5, 0.6) is 0 Å². The highest BCUT2D eigenvalue weighted by Crippen LogP contribution is 2.34. The van der Waals surface area contributed by atoms with Crippen LogP contribution >= 0.6 is 0 Å². The summed E-state index contributed by atoms with van der Waals surface area (Å²) in [6.07, 6.45) is 8.32. The Balaban J connectivity index is 1.20. The van der Waals surface area contributed by atoms with E-state index in [1.165, 1.54) is 12.1 Å². The Morgan fingerprint density at radius 2 is 1.74 bits per heavy atom. The van der Waals surface area contributed by atoms with Crippen LogP contribution in [0.3, 0.4) is 0 Å². The number of aromatic nitrogens is 4. The molecule has 9 nitrogen and oxygen atoms in total. The lowest BCUT2D eigenvalue weighted by Crippen LogP contribution is -2.34. The molecule has 1 unspecified atom stereocenters. The lowest BCUT2D eigenvalue weighted by Gasteiger charge is -2.30. The molecule has 0 radical (unpaired) electrons. The molecule has 0 saturated carbocycles. The van der Waals surface area contributed by atoms with Crippen molar-refractivity contribution in [2.45, 2.75) is 49.3 Å². The van der Waals surface area contributed by atoms with Crippen LogP contribution in [0.1, 0.15) is 55.3 Å². The smallest absolute Gasteiger partial charge is 0.231 e. The molecule has 2 aliphatic rings. The second-order valence-corrected chi connectivity index (χ2v) is 11.3. The van der Waals surface area contributed by atoms with Gasteiger partial charge in [-0.05, 0) is 49.4 Å². The number of hydrogen-bond acceptors (Lipinski definition) is 9. The Bertz CT molecular complexity index is 1290. The summed E-state index contributed by atoms with van der Waals surface area (Å²) in [6, 6.07) is 4.06. The second-order valence-electron chi connectivity index (χ2n) is 9.31. The maximum atomic E-state index is 14.6. The predicted octanol–water partition coefficient (Wildman–Crippen LogP) is 3.34. The van der Waals surface area contributed by atoms with Crippen LogP contribution in [0.2, 0.25) is 0 Å². The molecule has 35 heavy (non-hydrogen) atoms. The number of hydrogen-bond donors (Lipinski definition) is 0. The molecular formula is C24H29FN6O3S. The summed E-state index contributed by atoms with van der Waals surface area (Å²) < 4.78 is 43.6. The van der Waals surface area contributed by atoms with Crippen molar-refractivity contribution in [1.82, 2.24) is 20.1 Å². The van der Waals surface area contributed by atoms with E-state index in [1.54, 1.807) is 0 Å². The van der Waals surface area contributed by atoms with E-state index in [0.717, 1.165) is 68.4 Å². The zero-order valence-electron chi connectivity index (χ0n) is 19.9. The molecule has 4 heterocycles. The molecule has 1 aromatic carbocycles. The summed E-state index contributed by atoms with van der Waals surface area (Å²) in [4.78, 5) is 17.7. The Labute approximate surface area is 204 Å². The minimum Gasteiger partial charge on any atom is -0.368 e. The molecule has 11 heteroatoms. The minimum atomic E-state index is -3.45. The highest BCUT2D eigenvalue weighted by atomic mass is 32.2. The molecule has 2 aliphatic heterocycles. The van der Waals surface area contributed by atoms with Crippen molar-refractivity contribution >= 4 is 21.5 Å². The molecule has 2 saturated heterocycles. The van der Waals surface area contributed by atoms with Crippen LogP contribution in [-0.2, 0) is 16.3 Å². The standard InChI is InChI=1S/C24H29FN6O3S/c1-3-16-13-26-24(27-14-16)30-9-6-17(7-10-30)22-28-23(34-29-22)18-8-11-31(15-18)21-5-4-19(12-20(21)25)35(2,32)33/h4-5,12-14,17-18H,3,6-11,15H2,1-2H3. The van der Waals surface area contributed by atoms with E-state index in [2.05, 4.69) is 26.9 Å². The summed E-state index contributed by atoms with van der Waals surface area (Å²) >= 11 is 0.